The molecule has 0 radical (unpaired) electrons. The van der Waals surface area contributed by atoms with Crippen molar-refractivity contribution in [3.05, 3.63) is 36.0 Å². The number of nitrogens with zero attached hydrogens (tertiary/aromatic N) is 1. The van der Waals surface area contributed by atoms with Gasteiger partial charge in [0.2, 0.25) is 5.91 Å². The molecule has 9 heteroatoms. The fraction of sp³-hybridized carbons (Fsp3) is 0. The number of nitrogen functional groups attached to an aromatic ring is 1. The molecule has 0 aliphatic carbocycles. The summed E-state index contributed by atoms with van der Waals surface area (Å²) in [4.78, 5) is 10.7. The predicted molar refractivity (Wildman–Crippen MR) is 68.8 cm³/mol. The monoisotopic (exact) mass is 281 g/mol. The van der Waals surface area contributed by atoms with Crippen LogP contribution in [0.3, 0.4) is 0 Å². The summed E-state index contributed by atoms with van der Waals surface area (Å²) in [6, 6.07) is 5.68. The van der Waals surface area contributed by atoms with Gasteiger partial charge in [0.1, 0.15) is 10.7 Å². The van der Waals surface area contributed by atoms with E-state index in [9.17, 15) is 13.2 Å². The highest BCUT2D eigenvalue weighted by Crippen LogP contribution is 2.19. The number of benzene rings is 1. The lowest BCUT2D eigenvalue weighted by Gasteiger charge is -2.07. The zero-order valence-electron chi connectivity index (χ0n) is 9.62. The van der Waals surface area contributed by atoms with E-state index < -0.39 is 15.9 Å². The number of primary amides is 1. The highest BCUT2D eigenvalue weighted by molar-refractivity contribution is 7.92. The van der Waals surface area contributed by atoms with Crippen molar-refractivity contribution in [3.8, 4) is 0 Å². The van der Waals surface area contributed by atoms with E-state index in [0.29, 0.717) is 0 Å². The summed E-state index contributed by atoms with van der Waals surface area (Å²) in [7, 11) is -3.82. The van der Waals surface area contributed by atoms with Crippen LogP contribution in [-0.2, 0) is 10.0 Å². The number of hydrogen-bond acceptors (Lipinski definition) is 5. The van der Waals surface area contributed by atoms with E-state index in [2.05, 4.69) is 14.9 Å². The van der Waals surface area contributed by atoms with Gasteiger partial charge in [0, 0.05) is 11.3 Å². The molecule has 1 aromatic carbocycles. The molecule has 0 aliphatic heterocycles. The third-order valence-electron chi connectivity index (χ3n) is 2.34. The lowest BCUT2D eigenvalue weighted by molar-refractivity contribution is 0.100. The van der Waals surface area contributed by atoms with Crippen LogP contribution in [0, 0.1) is 0 Å². The number of aromatic nitrogens is 2. The maximum atomic E-state index is 12.0. The third kappa shape index (κ3) is 2.65. The van der Waals surface area contributed by atoms with Crippen molar-refractivity contribution in [2.75, 3.05) is 10.5 Å². The Kier molecular flexibility index (Phi) is 3.13. The van der Waals surface area contributed by atoms with Crippen molar-refractivity contribution in [3.63, 3.8) is 0 Å². The van der Waals surface area contributed by atoms with E-state index in [1.807, 2.05) is 0 Å². The van der Waals surface area contributed by atoms with Crippen molar-refractivity contribution in [2.45, 2.75) is 4.90 Å². The molecule has 2 aromatic rings. The van der Waals surface area contributed by atoms with Gasteiger partial charge in [0.25, 0.3) is 10.0 Å². The van der Waals surface area contributed by atoms with Gasteiger partial charge in [-0.15, -0.1) is 0 Å². The van der Waals surface area contributed by atoms with Crippen LogP contribution in [0.4, 0.5) is 11.5 Å². The number of anilines is 2. The molecule has 1 heterocycles. The predicted octanol–water partition coefficient (Wildman–Crippen LogP) is -0.108. The number of carbonyl (C=O) groups is 1. The summed E-state index contributed by atoms with van der Waals surface area (Å²) < 4.78 is 26.2. The first-order valence-electron chi connectivity index (χ1n) is 5.11. The highest BCUT2D eigenvalue weighted by atomic mass is 32.2. The SMILES string of the molecule is NC(=O)c1ccc(NS(=O)(=O)c2cn[nH]c2N)cc1. The minimum absolute atomic E-state index is 0.0544. The van der Waals surface area contributed by atoms with Crippen LogP contribution >= 0.6 is 0 Å². The summed E-state index contributed by atoms with van der Waals surface area (Å²) in [5.41, 5.74) is 11.1. The second-order valence-electron chi connectivity index (χ2n) is 3.70. The van der Waals surface area contributed by atoms with E-state index in [4.69, 9.17) is 11.5 Å². The van der Waals surface area contributed by atoms with E-state index in [1.54, 1.807) is 0 Å². The number of aromatic amines is 1. The quantitative estimate of drug-likeness (QED) is 0.618. The van der Waals surface area contributed by atoms with Gasteiger partial charge in [-0.3, -0.25) is 14.6 Å². The van der Waals surface area contributed by atoms with Gasteiger partial charge in [-0.05, 0) is 24.3 Å². The highest BCUT2D eigenvalue weighted by Gasteiger charge is 2.19. The van der Waals surface area contributed by atoms with Crippen LogP contribution < -0.4 is 16.2 Å². The molecule has 6 N–H and O–H groups in total. The van der Waals surface area contributed by atoms with Crippen LogP contribution in [-0.4, -0.2) is 24.5 Å². The molecule has 100 valence electrons. The first kappa shape index (κ1) is 12.9. The molecule has 0 saturated heterocycles. The fourth-order valence-electron chi connectivity index (χ4n) is 1.41. The first-order chi connectivity index (χ1) is 8.90. The molecule has 0 bridgehead atoms. The molecule has 0 aliphatic rings. The Bertz CT molecular complexity index is 705. The normalized spacial score (nSPS) is 11.2. The molecule has 1 aromatic heterocycles. The molecule has 0 unspecified atom stereocenters. The van der Waals surface area contributed by atoms with Crippen molar-refractivity contribution in [1.29, 1.82) is 0 Å². The van der Waals surface area contributed by atoms with Crippen LogP contribution in [0.1, 0.15) is 10.4 Å². The Labute approximate surface area is 108 Å². The Balaban J connectivity index is 2.26. The van der Waals surface area contributed by atoms with Crippen LogP contribution in [0.5, 0.6) is 0 Å². The van der Waals surface area contributed by atoms with Gasteiger partial charge < -0.3 is 11.5 Å². The number of rotatable bonds is 4. The molecule has 1 amide bonds. The van der Waals surface area contributed by atoms with Crippen molar-refractivity contribution < 1.29 is 13.2 Å². The molecule has 0 saturated carbocycles. The van der Waals surface area contributed by atoms with E-state index in [-0.39, 0.29) is 22.0 Å². The van der Waals surface area contributed by atoms with Gasteiger partial charge in [-0.2, -0.15) is 5.10 Å². The maximum absolute atomic E-state index is 12.0. The molecule has 0 atom stereocenters. The van der Waals surface area contributed by atoms with Crippen molar-refractivity contribution in [1.82, 2.24) is 10.2 Å². The summed E-state index contributed by atoms with van der Waals surface area (Å²) in [5.74, 6) is -0.644. The summed E-state index contributed by atoms with van der Waals surface area (Å²) in [5, 5.41) is 5.87. The molecule has 8 nitrogen and oxygen atoms in total. The number of sulfonamides is 1. The lowest BCUT2D eigenvalue weighted by Crippen LogP contribution is -2.14. The van der Waals surface area contributed by atoms with Gasteiger partial charge in [-0.25, -0.2) is 8.42 Å². The summed E-state index contributed by atoms with van der Waals surface area (Å²) in [6.45, 7) is 0. The Morgan fingerprint density at radius 1 is 1.26 bits per heavy atom. The maximum Gasteiger partial charge on any atom is 0.267 e. The standard InChI is InChI=1S/C10H11N5O3S/c11-9-8(5-13-14-9)19(17,18)15-7-3-1-6(2-4-7)10(12)16/h1-5,15H,(H2,12,16)(H3,11,13,14). The number of carbonyl (C=O) groups excluding carboxylic acids is 1. The smallest absolute Gasteiger partial charge is 0.267 e. The average Bonchev–Trinajstić information content (AvgIpc) is 2.76. The zero-order valence-corrected chi connectivity index (χ0v) is 10.4. The molecule has 0 spiro atoms. The number of nitrogens with two attached hydrogens (primary N) is 2. The molecule has 19 heavy (non-hydrogen) atoms. The van der Waals surface area contributed by atoms with Crippen LogP contribution in [0.25, 0.3) is 0 Å². The lowest BCUT2D eigenvalue weighted by atomic mass is 10.2. The Morgan fingerprint density at radius 2 is 1.89 bits per heavy atom. The molecule has 2 rings (SSSR count). The van der Waals surface area contributed by atoms with Gasteiger partial charge in [-0.1, -0.05) is 0 Å². The van der Waals surface area contributed by atoms with Gasteiger partial charge >= 0.3 is 0 Å². The first-order valence-corrected chi connectivity index (χ1v) is 6.60. The van der Waals surface area contributed by atoms with Crippen molar-refractivity contribution >= 4 is 27.4 Å². The van der Waals surface area contributed by atoms with Crippen LogP contribution in [0.15, 0.2) is 35.4 Å². The van der Waals surface area contributed by atoms with Crippen molar-refractivity contribution in [2.24, 2.45) is 5.73 Å². The molecule has 0 fully saturated rings. The largest absolute Gasteiger partial charge is 0.383 e. The van der Waals surface area contributed by atoms with E-state index in [1.165, 1.54) is 24.3 Å². The number of nitrogens with one attached hydrogen (secondary N) is 2. The number of hydrogen-bond donors (Lipinski definition) is 4. The van der Waals surface area contributed by atoms with Gasteiger partial charge in [0.15, 0.2) is 0 Å². The van der Waals surface area contributed by atoms with E-state index in [0.717, 1.165) is 6.20 Å². The summed E-state index contributed by atoms with van der Waals surface area (Å²) >= 11 is 0. The molecular formula is C10H11N5O3S. The van der Waals surface area contributed by atoms with E-state index >= 15 is 0 Å². The number of H-pyrrole nitrogens is 1. The average molecular weight is 281 g/mol. The Hall–Kier alpha value is -2.55. The van der Waals surface area contributed by atoms with Gasteiger partial charge in [0.05, 0.1) is 6.20 Å². The third-order valence-corrected chi connectivity index (χ3v) is 3.75. The molecular weight excluding hydrogens is 270 g/mol. The summed E-state index contributed by atoms with van der Waals surface area (Å²) in [6.07, 6.45) is 1.11. The second kappa shape index (κ2) is 4.61. The Morgan fingerprint density at radius 3 is 2.37 bits per heavy atom. The number of amides is 1. The minimum atomic E-state index is -3.82. The minimum Gasteiger partial charge on any atom is -0.383 e. The zero-order chi connectivity index (χ0) is 14.0. The van der Waals surface area contributed by atoms with Crippen LogP contribution in [0.2, 0.25) is 0 Å². The fourth-order valence-corrected chi connectivity index (χ4v) is 2.49. The second-order valence-corrected chi connectivity index (χ2v) is 5.35. The topological polar surface area (TPSA) is 144 Å².